The van der Waals surface area contributed by atoms with Crippen LogP contribution in [0.4, 0.5) is 0 Å². The molecule has 1 aromatic heterocycles. The van der Waals surface area contributed by atoms with E-state index in [0.717, 1.165) is 20.3 Å². The fourth-order valence-corrected chi connectivity index (χ4v) is 3.12. The average Bonchev–Trinajstić information content (AvgIpc) is 2.59. The van der Waals surface area contributed by atoms with Gasteiger partial charge in [-0.15, -0.1) is 11.3 Å². The molecule has 1 nitrogen and oxygen atoms in total. The van der Waals surface area contributed by atoms with Gasteiger partial charge in [0.1, 0.15) is 6.07 Å². The molecule has 0 atom stereocenters. The van der Waals surface area contributed by atoms with Gasteiger partial charge in [-0.1, -0.05) is 6.92 Å². The molecule has 0 saturated carbocycles. The summed E-state index contributed by atoms with van der Waals surface area (Å²) in [5, 5.41) is 10.2. The fourth-order valence-electron chi connectivity index (χ4n) is 1.43. The molecule has 2 rings (SSSR count). The molecule has 0 aliphatic rings. The Morgan fingerprint density at radius 1 is 1.43 bits per heavy atom. The number of hydrogen-bond acceptors (Lipinski definition) is 2. The maximum atomic E-state index is 9.00. The van der Waals surface area contributed by atoms with Crippen LogP contribution in [0.5, 0.6) is 0 Å². The Bertz CT molecular complexity index is 522. The Morgan fingerprint density at radius 3 is 2.86 bits per heavy atom. The van der Waals surface area contributed by atoms with Gasteiger partial charge in [-0.2, -0.15) is 5.26 Å². The van der Waals surface area contributed by atoms with E-state index in [1.807, 2.05) is 6.07 Å². The zero-order valence-corrected chi connectivity index (χ0v) is 10.6. The number of rotatable bonds is 1. The van der Waals surface area contributed by atoms with Gasteiger partial charge in [0.25, 0.3) is 0 Å². The molecule has 70 valence electrons. The number of hydrogen-bond donors (Lipinski definition) is 0. The van der Waals surface area contributed by atoms with Gasteiger partial charge >= 0.3 is 0 Å². The first-order valence-corrected chi connectivity index (χ1v) is 6.26. The first kappa shape index (κ1) is 9.94. The molecule has 0 fully saturated rings. The van der Waals surface area contributed by atoms with Crippen molar-refractivity contribution in [2.24, 2.45) is 0 Å². The van der Waals surface area contributed by atoms with E-state index in [9.17, 15) is 0 Å². The van der Waals surface area contributed by atoms with Crippen LogP contribution < -0.4 is 0 Å². The number of halogens is 1. The van der Waals surface area contributed by atoms with E-state index in [1.54, 1.807) is 11.3 Å². The van der Waals surface area contributed by atoms with Crippen molar-refractivity contribution in [1.82, 2.24) is 0 Å². The Hall–Kier alpha value is -0.600. The Morgan fingerprint density at radius 2 is 2.21 bits per heavy atom. The van der Waals surface area contributed by atoms with Gasteiger partial charge in [0.05, 0.1) is 10.3 Å². The van der Waals surface area contributed by atoms with Crippen molar-refractivity contribution in [1.29, 1.82) is 5.26 Å². The summed E-state index contributed by atoms with van der Waals surface area (Å²) < 4.78 is 2.26. The highest BCUT2D eigenvalue weighted by Crippen LogP contribution is 2.30. The summed E-state index contributed by atoms with van der Waals surface area (Å²) in [4.78, 5) is 1.35. The molecule has 14 heavy (non-hydrogen) atoms. The first-order valence-electron chi connectivity index (χ1n) is 4.36. The van der Waals surface area contributed by atoms with Crippen molar-refractivity contribution in [3.8, 4) is 6.07 Å². The maximum absolute atomic E-state index is 9.00. The second-order valence-electron chi connectivity index (χ2n) is 3.05. The lowest BCUT2D eigenvalue weighted by Gasteiger charge is -1.93. The molecule has 0 radical (unpaired) electrons. The van der Waals surface area contributed by atoms with Crippen LogP contribution in [0.15, 0.2) is 18.2 Å². The van der Waals surface area contributed by atoms with E-state index in [0.29, 0.717) is 0 Å². The van der Waals surface area contributed by atoms with Crippen molar-refractivity contribution < 1.29 is 0 Å². The standard InChI is InChI=1S/C11H8INS/c1-2-10-5-7-3-9(12)4-8(6-13)11(7)14-10/h3-5H,2H2,1H3. The van der Waals surface area contributed by atoms with E-state index in [4.69, 9.17) is 5.26 Å². The maximum Gasteiger partial charge on any atom is 0.101 e. The van der Waals surface area contributed by atoms with E-state index in [-0.39, 0.29) is 0 Å². The van der Waals surface area contributed by atoms with Crippen LogP contribution in [-0.2, 0) is 6.42 Å². The quantitative estimate of drug-likeness (QED) is 0.732. The third kappa shape index (κ3) is 1.64. The summed E-state index contributed by atoms with van der Waals surface area (Å²) in [6.45, 7) is 2.14. The van der Waals surface area contributed by atoms with Crippen molar-refractivity contribution in [2.75, 3.05) is 0 Å². The number of nitrogens with zero attached hydrogens (tertiary/aromatic N) is 1. The van der Waals surface area contributed by atoms with Crippen LogP contribution in [0.1, 0.15) is 17.4 Å². The molecular weight excluding hydrogens is 305 g/mol. The van der Waals surface area contributed by atoms with Crippen LogP contribution in [0, 0.1) is 14.9 Å². The fraction of sp³-hybridized carbons (Fsp3) is 0.182. The Labute approximate surface area is 101 Å². The van der Waals surface area contributed by atoms with Gasteiger partial charge in [0.15, 0.2) is 0 Å². The van der Waals surface area contributed by atoms with Gasteiger partial charge in [0, 0.05) is 8.45 Å². The Balaban J connectivity index is 2.79. The number of nitriles is 1. The third-order valence-corrected chi connectivity index (χ3v) is 4.05. The first-order chi connectivity index (χ1) is 6.74. The lowest BCUT2D eigenvalue weighted by atomic mass is 10.2. The lowest BCUT2D eigenvalue weighted by Crippen LogP contribution is -1.76. The SMILES string of the molecule is CCc1cc2cc(I)cc(C#N)c2s1. The zero-order chi connectivity index (χ0) is 10.1. The Kier molecular flexibility index (Phi) is 2.75. The number of thiophene rings is 1. The predicted octanol–water partition coefficient (Wildman–Crippen LogP) is 3.94. The second kappa shape index (κ2) is 3.87. The molecular formula is C11H8INS. The third-order valence-electron chi connectivity index (χ3n) is 2.10. The predicted molar refractivity (Wildman–Crippen MR) is 68.6 cm³/mol. The van der Waals surface area contributed by atoms with Crippen LogP contribution in [-0.4, -0.2) is 0 Å². The van der Waals surface area contributed by atoms with Gasteiger partial charge in [-0.05, 0) is 52.6 Å². The number of aryl methyl sites for hydroxylation is 1. The van der Waals surface area contributed by atoms with Gasteiger partial charge in [-0.25, -0.2) is 0 Å². The zero-order valence-electron chi connectivity index (χ0n) is 7.67. The largest absolute Gasteiger partial charge is 0.192 e. The van der Waals surface area contributed by atoms with Crippen molar-refractivity contribution in [3.05, 3.63) is 32.2 Å². The average molecular weight is 313 g/mol. The van der Waals surface area contributed by atoms with Crippen LogP contribution in [0.3, 0.4) is 0 Å². The van der Waals surface area contributed by atoms with E-state index in [1.165, 1.54) is 10.3 Å². The topological polar surface area (TPSA) is 23.8 Å². The van der Waals surface area contributed by atoms with Crippen LogP contribution >= 0.6 is 33.9 Å². The van der Waals surface area contributed by atoms with Gasteiger partial charge < -0.3 is 0 Å². The van der Waals surface area contributed by atoms with Gasteiger partial charge in [-0.3, -0.25) is 0 Å². The minimum absolute atomic E-state index is 0.802. The van der Waals surface area contributed by atoms with Crippen molar-refractivity contribution in [3.63, 3.8) is 0 Å². The van der Waals surface area contributed by atoms with Crippen LogP contribution in [0.25, 0.3) is 10.1 Å². The molecule has 0 aliphatic heterocycles. The molecule has 2 aromatic rings. The molecule has 0 N–H and O–H groups in total. The van der Waals surface area contributed by atoms with Gasteiger partial charge in [0.2, 0.25) is 0 Å². The summed E-state index contributed by atoms with van der Waals surface area (Å²) in [5.41, 5.74) is 0.802. The molecule has 3 heteroatoms. The van der Waals surface area contributed by atoms with Crippen molar-refractivity contribution in [2.45, 2.75) is 13.3 Å². The normalized spacial score (nSPS) is 10.4. The number of fused-ring (bicyclic) bond motifs is 1. The molecule has 1 aromatic carbocycles. The minimum atomic E-state index is 0.802. The molecule has 0 spiro atoms. The summed E-state index contributed by atoms with van der Waals surface area (Å²) in [6, 6.07) is 8.51. The van der Waals surface area contributed by atoms with Crippen LogP contribution in [0.2, 0.25) is 0 Å². The molecule has 0 aliphatic carbocycles. The molecule has 1 heterocycles. The second-order valence-corrected chi connectivity index (χ2v) is 5.43. The molecule has 0 bridgehead atoms. The number of benzene rings is 1. The molecule has 0 saturated heterocycles. The van der Waals surface area contributed by atoms with E-state index < -0.39 is 0 Å². The monoisotopic (exact) mass is 313 g/mol. The highest BCUT2D eigenvalue weighted by Gasteiger charge is 2.06. The smallest absolute Gasteiger partial charge is 0.101 e. The summed E-state index contributed by atoms with van der Waals surface area (Å²) in [7, 11) is 0. The summed E-state index contributed by atoms with van der Waals surface area (Å²) >= 11 is 3.98. The summed E-state index contributed by atoms with van der Waals surface area (Å²) in [5.74, 6) is 0. The molecule has 0 unspecified atom stereocenters. The summed E-state index contributed by atoms with van der Waals surface area (Å²) in [6.07, 6.45) is 1.04. The lowest BCUT2D eigenvalue weighted by molar-refractivity contribution is 1.19. The minimum Gasteiger partial charge on any atom is -0.192 e. The highest BCUT2D eigenvalue weighted by atomic mass is 127. The van der Waals surface area contributed by atoms with E-state index in [2.05, 4.69) is 47.7 Å². The van der Waals surface area contributed by atoms with E-state index >= 15 is 0 Å². The highest BCUT2D eigenvalue weighted by molar-refractivity contribution is 14.1. The molecule has 0 amide bonds. The van der Waals surface area contributed by atoms with Crippen molar-refractivity contribution >= 4 is 44.0 Å².